The lowest BCUT2D eigenvalue weighted by Gasteiger charge is -2.38. The SMILES string of the molecule is C=C/C(C)=C/C=C/C=C(C)/C=C/C=C(C)/C=C/C1=C(C)C(=O)C(OC(=O)CCC(=O)Oc2ccc(/C=C/c3cc(O)cc(O)c3)cc2)CC1(C)C.C=C/C=C(C)/C=C/C1=C(C)C(=O)C(OC(=O)CCC(=O)Oc2ccc(/C=C/c3cc(C)cc(O)c3)cc2)CC1(C)C.C=CC1=C(C)C(=O)C(OP(=O)([O-])OC[C@H](O)[C@H]2OC(=O)C(O)=C2O)CC1(C)C. The second kappa shape index (κ2) is 44.1. The van der Waals surface area contributed by atoms with Gasteiger partial charge in [0.25, 0.3) is 7.82 Å². The molecule has 4 aromatic rings. The van der Waals surface area contributed by atoms with Crippen LogP contribution >= 0.6 is 7.82 Å². The van der Waals surface area contributed by atoms with Crippen molar-refractivity contribution in [2.24, 2.45) is 16.2 Å². The Labute approximate surface area is 701 Å². The third kappa shape index (κ3) is 29.7. The van der Waals surface area contributed by atoms with Crippen molar-refractivity contribution in [2.45, 2.75) is 172 Å². The van der Waals surface area contributed by atoms with E-state index in [-0.39, 0.29) is 66.3 Å². The molecular formula is C96H108O23P-. The van der Waals surface area contributed by atoms with Crippen molar-refractivity contribution in [3.63, 3.8) is 0 Å². The number of esters is 5. The predicted octanol–water partition coefficient (Wildman–Crippen LogP) is 18.3. The summed E-state index contributed by atoms with van der Waals surface area (Å²) in [6.07, 6.45) is 29.4. The van der Waals surface area contributed by atoms with Crippen LogP contribution in [0.1, 0.15) is 163 Å². The third-order valence-corrected chi connectivity index (χ3v) is 20.7. The molecule has 0 aromatic heterocycles. The van der Waals surface area contributed by atoms with Gasteiger partial charge in [-0.3, -0.25) is 38.1 Å². The standard InChI is InChI=1S/C44H48O7.C35H38O6.C17H23O10P/c1-8-30(2)12-9-10-13-31(3)14-11-15-32(4)16-23-39-33(5)43(49)40(29-44(39,6)7)51-42(48)25-24-41(47)50-38-21-19-34(20-22-38)17-18-35-26-36(45)28-37(46)27-35;1-7-8-23(2)9-16-30-25(4)34(39)31(22-35(30,5)6)41-33(38)18-17-32(37)40-29-14-12-26(13-15-29)10-11-27-19-24(3)20-28(36)21-27;1-5-9-8(2)12(19)11(6-17(9,3)4)27-28(23,24)25-7-10(18)15-13(20)14(21)16(22)26-15/h8-23,26-28,40,45-46H,1,24-25,29H2,2-7H3;7-16,19-21,31,36H,1,17-18,22H2,2-6H3;5,10-11,15,18,20-21H,1,6-7H2,2-4H3,(H,23,24)/p-1/b10-9+,14-11+,18-17+,23-16+,30-12+,31-13+,32-15+;11-10+,16-9+,23-8+;/t;;10-,11?,15+/m..0/s1. The van der Waals surface area contributed by atoms with E-state index < -0.39 is 103 Å². The molecule has 1 heterocycles. The molecule has 636 valence electrons. The minimum absolute atomic E-state index is 0.0423. The van der Waals surface area contributed by atoms with E-state index in [4.69, 9.17) is 23.5 Å². The number of ether oxygens (including phenoxy) is 5. The number of rotatable bonds is 31. The topological polar surface area (TPSA) is 363 Å². The van der Waals surface area contributed by atoms with Gasteiger partial charge in [-0.05, 0) is 188 Å². The number of aliphatic hydroxyl groups excluding tert-OH is 3. The summed E-state index contributed by atoms with van der Waals surface area (Å²) in [7, 11) is -5.03. The molecule has 0 saturated heterocycles. The van der Waals surface area contributed by atoms with E-state index in [0.29, 0.717) is 52.2 Å². The van der Waals surface area contributed by atoms with Crippen LogP contribution in [0, 0.1) is 23.2 Å². The summed E-state index contributed by atoms with van der Waals surface area (Å²) >= 11 is 0. The summed E-state index contributed by atoms with van der Waals surface area (Å²) < 4.78 is 47.9. The van der Waals surface area contributed by atoms with Gasteiger partial charge < -0.3 is 68.3 Å². The first-order chi connectivity index (χ1) is 56.3. The van der Waals surface area contributed by atoms with Gasteiger partial charge in [-0.2, -0.15) is 0 Å². The van der Waals surface area contributed by atoms with Crippen LogP contribution in [0.15, 0.2) is 263 Å². The highest BCUT2D eigenvalue weighted by Crippen LogP contribution is 2.48. The van der Waals surface area contributed by atoms with Crippen molar-refractivity contribution >= 4 is 79.3 Å². The fourth-order valence-electron chi connectivity index (χ4n) is 13.3. The van der Waals surface area contributed by atoms with Gasteiger partial charge in [-0.15, -0.1) is 0 Å². The number of aryl methyl sites for hydroxylation is 1. The lowest BCUT2D eigenvalue weighted by molar-refractivity contribution is -0.232. The average molecular weight is 1660 g/mol. The van der Waals surface area contributed by atoms with Gasteiger partial charge in [0, 0.05) is 18.9 Å². The number of hydrogen-bond donors (Lipinski definition) is 6. The molecule has 24 heteroatoms. The number of phosphoric acid groups is 1. The predicted molar refractivity (Wildman–Crippen MR) is 460 cm³/mol. The highest BCUT2D eigenvalue weighted by molar-refractivity contribution is 7.45. The summed E-state index contributed by atoms with van der Waals surface area (Å²) in [5.74, 6) is -5.90. The molecular weight excluding hydrogens is 1550 g/mol. The van der Waals surface area contributed by atoms with Gasteiger partial charge in [-0.1, -0.05) is 229 Å². The van der Waals surface area contributed by atoms with E-state index in [2.05, 4.69) is 29.0 Å². The Morgan fingerprint density at radius 2 is 0.900 bits per heavy atom. The van der Waals surface area contributed by atoms with Crippen molar-refractivity contribution in [2.75, 3.05) is 6.61 Å². The zero-order chi connectivity index (χ0) is 89.1. The van der Waals surface area contributed by atoms with Crippen molar-refractivity contribution in [1.82, 2.24) is 0 Å². The molecule has 4 aliphatic rings. The van der Waals surface area contributed by atoms with E-state index >= 15 is 0 Å². The summed E-state index contributed by atoms with van der Waals surface area (Å²) in [4.78, 5) is 112. The van der Waals surface area contributed by atoms with E-state index in [1.165, 1.54) is 18.2 Å². The van der Waals surface area contributed by atoms with Crippen molar-refractivity contribution < 1.29 is 111 Å². The Bertz CT molecular complexity index is 5020. The molecule has 8 rings (SSSR count). The molecule has 1 aliphatic heterocycles. The maximum Gasteiger partial charge on any atom is 0.377 e. The van der Waals surface area contributed by atoms with Crippen LogP contribution in [-0.4, -0.2) is 115 Å². The molecule has 4 unspecified atom stereocenters. The van der Waals surface area contributed by atoms with Crippen molar-refractivity contribution in [3.05, 3.63) is 291 Å². The van der Waals surface area contributed by atoms with Gasteiger partial charge in [0.1, 0.15) is 41.0 Å². The Kier molecular flexibility index (Phi) is 35.5. The molecule has 0 bridgehead atoms. The molecule has 0 spiro atoms. The molecule has 0 fully saturated rings. The van der Waals surface area contributed by atoms with Crippen molar-refractivity contribution in [1.29, 1.82) is 0 Å². The van der Waals surface area contributed by atoms with Gasteiger partial charge >= 0.3 is 29.8 Å². The number of phosphoric ester groups is 1. The van der Waals surface area contributed by atoms with Gasteiger partial charge in [0.15, 0.2) is 41.4 Å². The Balaban J connectivity index is 0.000000291. The van der Waals surface area contributed by atoms with Crippen LogP contribution in [0.4, 0.5) is 0 Å². The third-order valence-electron chi connectivity index (χ3n) is 19.7. The molecule has 0 amide bonds. The van der Waals surface area contributed by atoms with Crippen LogP contribution in [-0.2, 0) is 66.2 Å². The van der Waals surface area contributed by atoms with E-state index in [0.717, 1.165) is 55.7 Å². The highest BCUT2D eigenvalue weighted by atomic mass is 31.2. The Morgan fingerprint density at radius 3 is 1.34 bits per heavy atom. The first-order valence-corrected chi connectivity index (χ1v) is 40.2. The van der Waals surface area contributed by atoms with Crippen molar-refractivity contribution in [3.8, 4) is 28.7 Å². The number of phenolic OH excluding ortho intramolecular Hbond substituents is 3. The molecule has 0 saturated carbocycles. The number of phenols is 3. The molecule has 120 heavy (non-hydrogen) atoms. The Hall–Kier alpha value is -12.1. The highest BCUT2D eigenvalue weighted by Gasteiger charge is 2.44. The van der Waals surface area contributed by atoms with Gasteiger partial charge in [0.2, 0.25) is 5.76 Å². The fourth-order valence-corrected chi connectivity index (χ4v) is 14.2. The Morgan fingerprint density at radius 1 is 0.508 bits per heavy atom. The summed E-state index contributed by atoms with van der Waals surface area (Å²) in [5.41, 5.74) is 11.0. The lowest BCUT2D eigenvalue weighted by Crippen LogP contribution is -2.39. The number of cyclic esters (lactones) is 1. The van der Waals surface area contributed by atoms with E-state index in [9.17, 15) is 78.5 Å². The molecule has 23 nitrogen and oxygen atoms in total. The van der Waals surface area contributed by atoms with E-state index in [1.807, 2.05) is 167 Å². The maximum absolute atomic E-state index is 13.2. The zero-order valence-electron chi connectivity index (χ0n) is 70.3. The largest absolute Gasteiger partial charge is 0.756 e. The van der Waals surface area contributed by atoms with Crippen LogP contribution in [0.25, 0.3) is 24.3 Å². The van der Waals surface area contributed by atoms with Gasteiger partial charge in [0.05, 0.1) is 32.3 Å². The summed E-state index contributed by atoms with van der Waals surface area (Å²) in [6.45, 7) is 36.8. The monoisotopic (exact) mass is 1660 g/mol. The van der Waals surface area contributed by atoms with Crippen LogP contribution in [0.3, 0.4) is 0 Å². The second-order valence-corrected chi connectivity index (χ2v) is 32.6. The van der Waals surface area contributed by atoms with Crippen LogP contribution < -0.4 is 14.4 Å². The molecule has 0 radical (unpaired) electrons. The number of aromatic hydroxyl groups is 3. The number of carbonyl (C=O) groups excluding carboxylic acids is 8. The zero-order valence-corrected chi connectivity index (χ0v) is 71.2. The minimum atomic E-state index is -5.03. The normalized spacial score (nSPS) is 19.8. The number of hydrogen-bond acceptors (Lipinski definition) is 23. The summed E-state index contributed by atoms with van der Waals surface area (Å²) in [5, 5.41) is 57.5. The quantitative estimate of drug-likeness (QED) is 0.00680. The van der Waals surface area contributed by atoms with Crippen LogP contribution in [0.5, 0.6) is 28.7 Å². The number of aliphatic hydroxyl groups is 3. The molecule has 4 aromatic carbocycles. The smallest absolute Gasteiger partial charge is 0.377 e. The lowest BCUT2D eigenvalue weighted by atomic mass is 9.71. The molecule has 3 aliphatic carbocycles. The molecule has 6 N–H and O–H groups in total. The van der Waals surface area contributed by atoms with Crippen LogP contribution in [0.2, 0.25) is 0 Å². The first kappa shape index (κ1) is 96.7. The van der Waals surface area contributed by atoms with E-state index in [1.54, 1.807) is 112 Å². The second-order valence-electron chi connectivity index (χ2n) is 31.2. The number of Topliss-reactive ketones (excluding diaryl/α,β-unsaturated/α-hetero) is 3. The average Bonchev–Trinajstić information content (AvgIpc) is 0.963. The van der Waals surface area contributed by atoms with Gasteiger partial charge in [-0.25, -0.2) is 4.79 Å². The number of allylic oxidation sites excluding steroid dienone is 22. The maximum atomic E-state index is 13.2. The first-order valence-electron chi connectivity index (χ1n) is 38.7. The summed E-state index contributed by atoms with van der Waals surface area (Å²) in [6, 6.07) is 23.3. The number of benzene rings is 4. The number of ketones is 3. The minimum Gasteiger partial charge on any atom is -0.756 e. The fraction of sp³-hybridized carbons (Fsp3) is 0.312. The molecule has 6 atom stereocenters. The number of carbonyl (C=O) groups is 8.